The van der Waals surface area contributed by atoms with Gasteiger partial charge in [0, 0.05) is 31.7 Å². The molecule has 0 aromatic heterocycles. The molecule has 1 aromatic carbocycles. The number of rotatable bonds is 3. The molecule has 1 aliphatic rings. The summed E-state index contributed by atoms with van der Waals surface area (Å²) in [4.78, 5) is 10.0. The summed E-state index contributed by atoms with van der Waals surface area (Å²) in [6.45, 7) is 3.22. The lowest BCUT2D eigenvalue weighted by molar-refractivity contribution is -0.384. The maximum atomic E-state index is 12.5. The normalized spacial score (nSPS) is 20.8. The molecular weight excluding hydrogens is 306 g/mol. The van der Waals surface area contributed by atoms with Crippen molar-refractivity contribution in [2.45, 2.75) is 17.9 Å². The Balaban J connectivity index is 2.44. The SMILES string of the molecule is CC1CNCCN1S(=O)(=O)c1ccc(Cl)c([N+](=O)[O-])c1. The van der Waals surface area contributed by atoms with E-state index in [1.54, 1.807) is 6.92 Å². The number of piperazine rings is 1. The Hall–Kier alpha value is -1.22. The van der Waals surface area contributed by atoms with E-state index in [0.717, 1.165) is 6.07 Å². The first-order chi connectivity index (χ1) is 9.34. The molecule has 0 bridgehead atoms. The molecule has 1 atom stereocenters. The van der Waals surface area contributed by atoms with Crippen LogP contribution in [0.4, 0.5) is 5.69 Å². The number of sulfonamides is 1. The molecule has 1 unspecified atom stereocenters. The first kappa shape index (κ1) is 15.2. The van der Waals surface area contributed by atoms with Crippen LogP contribution >= 0.6 is 11.6 Å². The lowest BCUT2D eigenvalue weighted by atomic mass is 10.3. The number of benzene rings is 1. The maximum Gasteiger partial charge on any atom is 0.289 e. The van der Waals surface area contributed by atoms with Gasteiger partial charge >= 0.3 is 0 Å². The number of nitro groups is 1. The maximum absolute atomic E-state index is 12.5. The van der Waals surface area contributed by atoms with Gasteiger partial charge in [0.2, 0.25) is 10.0 Å². The van der Waals surface area contributed by atoms with E-state index in [4.69, 9.17) is 11.6 Å². The zero-order valence-corrected chi connectivity index (χ0v) is 12.3. The van der Waals surface area contributed by atoms with Crippen molar-refractivity contribution in [3.8, 4) is 0 Å². The average molecular weight is 320 g/mol. The number of hydrogen-bond acceptors (Lipinski definition) is 5. The van der Waals surface area contributed by atoms with Crippen molar-refractivity contribution in [3.05, 3.63) is 33.3 Å². The standard InChI is InChI=1S/C11H14ClN3O4S/c1-8-7-13-4-5-14(8)20(18,19)9-2-3-10(12)11(6-9)15(16)17/h2-3,6,8,13H,4-5,7H2,1H3. The van der Waals surface area contributed by atoms with Crippen LogP contribution in [0.15, 0.2) is 23.1 Å². The third-order valence-corrected chi connectivity index (χ3v) is 5.49. The van der Waals surface area contributed by atoms with E-state index in [1.807, 2.05) is 0 Å². The highest BCUT2D eigenvalue weighted by Gasteiger charge is 2.32. The van der Waals surface area contributed by atoms with Gasteiger partial charge in [-0.3, -0.25) is 10.1 Å². The molecule has 1 heterocycles. The van der Waals surface area contributed by atoms with Crippen molar-refractivity contribution in [1.29, 1.82) is 0 Å². The van der Waals surface area contributed by atoms with E-state index in [0.29, 0.717) is 19.6 Å². The van der Waals surface area contributed by atoms with E-state index in [2.05, 4.69) is 5.32 Å². The molecule has 1 fully saturated rings. The monoisotopic (exact) mass is 319 g/mol. The molecule has 1 aliphatic heterocycles. The summed E-state index contributed by atoms with van der Waals surface area (Å²) in [6.07, 6.45) is 0. The van der Waals surface area contributed by atoms with Crippen LogP contribution in [0.3, 0.4) is 0 Å². The predicted molar refractivity (Wildman–Crippen MR) is 74.3 cm³/mol. The molecule has 0 amide bonds. The molecule has 0 saturated carbocycles. The van der Waals surface area contributed by atoms with Gasteiger partial charge < -0.3 is 5.32 Å². The molecule has 1 N–H and O–H groups in total. The molecule has 1 saturated heterocycles. The Morgan fingerprint density at radius 2 is 2.20 bits per heavy atom. The van der Waals surface area contributed by atoms with Crippen LogP contribution in [-0.4, -0.2) is 43.3 Å². The number of nitro benzene ring substituents is 1. The Morgan fingerprint density at radius 1 is 1.50 bits per heavy atom. The average Bonchev–Trinajstić information content (AvgIpc) is 2.38. The van der Waals surface area contributed by atoms with Gasteiger partial charge in [-0.25, -0.2) is 8.42 Å². The molecule has 0 radical (unpaired) electrons. The summed E-state index contributed by atoms with van der Waals surface area (Å²) in [7, 11) is -3.75. The van der Waals surface area contributed by atoms with Crippen molar-refractivity contribution >= 4 is 27.3 Å². The van der Waals surface area contributed by atoms with E-state index in [9.17, 15) is 18.5 Å². The number of nitrogens with one attached hydrogen (secondary N) is 1. The quantitative estimate of drug-likeness (QED) is 0.668. The zero-order valence-electron chi connectivity index (χ0n) is 10.7. The summed E-state index contributed by atoms with van der Waals surface area (Å²) < 4.78 is 26.4. The van der Waals surface area contributed by atoms with Gasteiger partial charge in [-0.05, 0) is 19.1 Å². The molecule has 0 aliphatic carbocycles. The lowest BCUT2D eigenvalue weighted by Crippen LogP contribution is -2.52. The first-order valence-corrected chi connectivity index (χ1v) is 7.82. The van der Waals surface area contributed by atoms with Gasteiger partial charge in [-0.1, -0.05) is 11.6 Å². The van der Waals surface area contributed by atoms with Crippen molar-refractivity contribution < 1.29 is 13.3 Å². The second-order valence-electron chi connectivity index (χ2n) is 4.54. The summed E-state index contributed by atoms with van der Waals surface area (Å²) in [5, 5.41) is 13.9. The molecular formula is C11H14ClN3O4S. The summed E-state index contributed by atoms with van der Waals surface area (Å²) in [6, 6.07) is 3.33. The number of nitrogens with zero attached hydrogens (tertiary/aromatic N) is 2. The molecule has 7 nitrogen and oxygen atoms in total. The summed E-state index contributed by atoms with van der Waals surface area (Å²) >= 11 is 5.70. The molecule has 2 rings (SSSR count). The van der Waals surface area contributed by atoms with E-state index in [-0.39, 0.29) is 16.0 Å². The zero-order chi connectivity index (χ0) is 14.9. The fraction of sp³-hybridized carbons (Fsp3) is 0.455. The largest absolute Gasteiger partial charge is 0.314 e. The minimum absolute atomic E-state index is 0.0812. The van der Waals surface area contributed by atoms with Crippen LogP contribution < -0.4 is 5.32 Å². The van der Waals surface area contributed by atoms with Crippen LogP contribution in [0.25, 0.3) is 0 Å². The van der Waals surface area contributed by atoms with Crippen molar-refractivity contribution in [2.75, 3.05) is 19.6 Å². The Labute approximate surface area is 121 Å². The minimum atomic E-state index is -3.75. The van der Waals surface area contributed by atoms with Crippen molar-refractivity contribution in [2.24, 2.45) is 0 Å². The Kier molecular flexibility index (Phi) is 4.28. The van der Waals surface area contributed by atoms with Crippen LogP contribution in [0.5, 0.6) is 0 Å². The molecule has 9 heteroatoms. The minimum Gasteiger partial charge on any atom is -0.314 e. The van der Waals surface area contributed by atoms with Crippen LogP contribution in [-0.2, 0) is 10.0 Å². The third-order valence-electron chi connectivity index (χ3n) is 3.16. The van der Waals surface area contributed by atoms with Gasteiger partial charge in [-0.15, -0.1) is 0 Å². The Morgan fingerprint density at radius 3 is 2.80 bits per heavy atom. The second kappa shape index (κ2) is 5.65. The van der Waals surface area contributed by atoms with Crippen LogP contribution in [0.1, 0.15) is 6.92 Å². The van der Waals surface area contributed by atoms with Gasteiger partial charge in [0.25, 0.3) is 5.69 Å². The summed E-state index contributed by atoms with van der Waals surface area (Å²) in [5.41, 5.74) is -0.407. The van der Waals surface area contributed by atoms with Crippen LogP contribution in [0.2, 0.25) is 5.02 Å². The highest BCUT2D eigenvalue weighted by Crippen LogP contribution is 2.29. The van der Waals surface area contributed by atoms with E-state index >= 15 is 0 Å². The lowest BCUT2D eigenvalue weighted by Gasteiger charge is -2.32. The fourth-order valence-electron chi connectivity index (χ4n) is 2.11. The molecule has 1 aromatic rings. The van der Waals surface area contributed by atoms with Crippen molar-refractivity contribution in [3.63, 3.8) is 0 Å². The van der Waals surface area contributed by atoms with Gasteiger partial charge in [0.15, 0.2) is 0 Å². The highest BCUT2D eigenvalue weighted by atomic mass is 35.5. The van der Waals surface area contributed by atoms with E-state index < -0.39 is 20.6 Å². The smallest absolute Gasteiger partial charge is 0.289 e. The van der Waals surface area contributed by atoms with E-state index in [1.165, 1.54) is 16.4 Å². The molecule has 0 spiro atoms. The van der Waals surface area contributed by atoms with Crippen LogP contribution in [0, 0.1) is 10.1 Å². The first-order valence-electron chi connectivity index (χ1n) is 6.00. The van der Waals surface area contributed by atoms with Gasteiger partial charge in [0.1, 0.15) is 5.02 Å². The second-order valence-corrected chi connectivity index (χ2v) is 6.84. The number of halogens is 1. The predicted octanol–water partition coefficient (Wildman–Crippen LogP) is 1.23. The number of hydrogen-bond donors (Lipinski definition) is 1. The van der Waals surface area contributed by atoms with Gasteiger partial charge in [0.05, 0.1) is 9.82 Å². The van der Waals surface area contributed by atoms with Gasteiger partial charge in [-0.2, -0.15) is 4.31 Å². The van der Waals surface area contributed by atoms with Crippen molar-refractivity contribution in [1.82, 2.24) is 9.62 Å². The molecule has 20 heavy (non-hydrogen) atoms. The fourth-order valence-corrected chi connectivity index (χ4v) is 3.95. The Bertz CT molecular complexity index is 635. The molecule has 110 valence electrons. The topological polar surface area (TPSA) is 92.6 Å². The highest BCUT2D eigenvalue weighted by molar-refractivity contribution is 7.89. The third kappa shape index (κ3) is 2.78. The summed E-state index contributed by atoms with van der Waals surface area (Å²) in [5.74, 6) is 0.